The summed E-state index contributed by atoms with van der Waals surface area (Å²) >= 11 is 0.257. The highest BCUT2D eigenvalue weighted by Crippen LogP contribution is 2.40. The highest BCUT2D eigenvalue weighted by Gasteiger charge is 2.31. The van der Waals surface area contributed by atoms with Crippen LogP contribution in [-0.2, 0) is 22.2 Å². The maximum absolute atomic E-state index is 11.7. The van der Waals surface area contributed by atoms with E-state index in [2.05, 4.69) is 0 Å². The number of nitrogens with zero attached hydrogens (tertiary/aromatic N) is 2. The molecule has 2 aromatic rings. The number of para-hydroxylation sites is 2. The Hall–Kier alpha value is -1.43. The average molecular weight is 508 g/mol. The predicted octanol–water partition coefficient (Wildman–Crippen LogP) is 2.20. The molecule has 14 heteroatoms. The molecule has 1 atom stereocenters. The molecule has 0 saturated carbocycles. The van der Waals surface area contributed by atoms with Gasteiger partial charge in [-0.3, -0.25) is 18.9 Å². The number of rotatable bonds is 12. The third kappa shape index (κ3) is 9.21. The predicted molar refractivity (Wildman–Crippen MR) is 120 cm³/mol. The van der Waals surface area contributed by atoms with Crippen molar-refractivity contribution >= 4 is 27.2 Å². The van der Waals surface area contributed by atoms with Crippen molar-refractivity contribution in [3.63, 3.8) is 0 Å². The van der Waals surface area contributed by atoms with E-state index < -0.39 is 33.1 Å². The Balaban J connectivity index is 2.31. The highest BCUT2D eigenvalue weighted by atomic mass is 32.2. The average Bonchev–Trinajstić information content (AvgIpc) is 2.66. The van der Waals surface area contributed by atoms with Crippen molar-refractivity contribution in [3.8, 4) is 11.5 Å². The first-order chi connectivity index (χ1) is 14.9. The van der Waals surface area contributed by atoms with E-state index in [1.165, 1.54) is 21.9 Å². The van der Waals surface area contributed by atoms with E-state index in [-0.39, 0.29) is 43.2 Å². The largest absolute Gasteiger partial charge is 0.508 e. The summed E-state index contributed by atoms with van der Waals surface area (Å²) in [5, 5.41) is 19.0. The normalized spacial score (nSPS) is 13.6. The zero-order valence-corrected chi connectivity index (χ0v) is 19.5. The van der Waals surface area contributed by atoms with Crippen LogP contribution < -0.4 is 0 Å². The van der Waals surface area contributed by atoms with E-state index in [9.17, 15) is 43.5 Å². The standard InChI is InChI=1S/C18H26N2O9P2S/c21-16-7-3-1-5-14(16)9-19(12-30(23,24)25)11-18(32-29)20(13-31(26,27)28)10-15-6-2-4-8-17(15)22/h1-8,18,21-22,29H,9-13H2,(H2,23,24,25)(H2,26,27,28). The van der Waals surface area contributed by atoms with Crippen molar-refractivity contribution in [2.45, 2.75) is 18.5 Å². The van der Waals surface area contributed by atoms with Gasteiger partial charge in [0, 0.05) is 42.8 Å². The maximum Gasteiger partial charge on any atom is 0.339 e. The molecule has 2 aromatic carbocycles. The van der Waals surface area contributed by atoms with Crippen molar-refractivity contribution in [2.75, 3.05) is 19.1 Å². The van der Waals surface area contributed by atoms with Crippen LogP contribution in [0.25, 0.3) is 0 Å². The summed E-state index contributed by atoms with van der Waals surface area (Å²) in [7, 11) is -9.14. The SMILES string of the molecule is O=P(O)(O)CN(Cc1ccccc1O)CC(SO)N(Cc1ccccc1O)CP(=O)(O)O. The van der Waals surface area contributed by atoms with E-state index in [1.54, 1.807) is 36.4 Å². The molecule has 0 aliphatic heterocycles. The smallest absolute Gasteiger partial charge is 0.339 e. The lowest BCUT2D eigenvalue weighted by Gasteiger charge is -2.34. The minimum Gasteiger partial charge on any atom is -0.508 e. The van der Waals surface area contributed by atoms with Crippen LogP contribution in [-0.4, -0.2) is 68.6 Å². The van der Waals surface area contributed by atoms with Gasteiger partial charge in [-0.15, -0.1) is 0 Å². The highest BCUT2D eigenvalue weighted by molar-refractivity contribution is 7.94. The molecule has 0 aliphatic rings. The van der Waals surface area contributed by atoms with E-state index >= 15 is 0 Å². The van der Waals surface area contributed by atoms with Crippen LogP contribution in [0.4, 0.5) is 0 Å². The summed E-state index contributed by atoms with van der Waals surface area (Å²) in [5.41, 5.74) is 0.729. The lowest BCUT2D eigenvalue weighted by molar-refractivity contribution is 0.185. The Labute approximate surface area is 189 Å². The van der Waals surface area contributed by atoms with Crippen LogP contribution in [0, 0.1) is 0 Å². The third-order valence-corrected chi connectivity index (χ3v) is 6.63. The second kappa shape index (κ2) is 11.6. The molecule has 0 amide bonds. The number of phenols is 2. The van der Waals surface area contributed by atoms with E-state index in [4.69, 9.17) is 0 Å². The van der Waals surface area contributed by atoms with Crippen molar-refractivity contribution in [1.82, 2.24) is 9.80 Å². The van der Waals surface area contributed by atoms with Crippen molar-refractivity contribution < 1.29 is 43.5 Å². The molecule has 0 aromatic heterocycles. The molecule has 0 radical (unpaired) electrons. The Morgan fingerprint density at radius 1 is 0.781 bits per heavy atom. The lowest BCUT2D eigenvalue weighted by Crippen LogP contribution is -2.42. The monoisotopic (exact) mass is 508 g/mol. The molecule has 7 N–H and O–H groups in total. The van der Waals surface area contributed by atoms with Crippen molar-refractivity contribution in [3.05, 3.63) is 59.7 Å². The van der Waals surface area contributed by atoms with Gasteiger partial charge in [0.1, 0.15) is 24.1 Å². The Morgan fingerprint density at radius 3 is 1.69 bits per heavy atom. The number of hydrogen-bond acceptors (Lipinski definition) is 8. The number of hydrogen-bond donors (Lipinski definition) is 7. The zero-order valence-electron chi connectivity index (χ0n) is 16.9. The van der Waals surface area contributed by atoms with Gasteiger partial charge in [-0.25, -0.2) is 0 Å². The maximum atomic E-state index is 11.7. The molecule has 11 nitrogen and oxygen atoms in total. The summed E-state index contributed by atoms with van der Waals surface area (Å²) in [6, 6.07) is 12.4. The summed E-state index contributed by atoms with van der Waals surface area (Å²) in [4.78, 5) is 40.5. The number of benzene rings is 2. The quantitative estimate of drug-likeness (QED) is 0.126. The minimum absolute atomic E-state index is 0.0855. The van der Waals surface area contributed by atoms with Crippen molar-refractivity contribution in [2.24, 2.45) is 0 Å². The Morgan fingerprint density at radius 2 is 1.25 bits per heavy atom. The van der Waals surface area contributed by atoms with Gasteiger partial charge in [-0.1, -0.05) is 36.4 Å². The van der Waals surface area contributed by atoms with Gasteiger partial charge in [-0.2, -0.15) is 0 Å². The molecule has 178 valence electrons. The van der Waals surface area contributed by atoms with Gasteiger partial charge in [0.05, 0.1) is 5.37 Å². The molecule has 1 unspecified atom stereocenters. The second-order valence-electron chi connectivity index (χ2n) is 7.19. The van der Waals surface area contributed by atoms with Gasteiger partial charge in [0.15, 0.2) is 0 Å². The molecule has 0 aliphatic carbocycles. The van der Waals surface area contributed by atoms with Crippen LogP contribution in [0.2, 0.25) is 0 Å². The summed E-state index contributed by atoms with van der Waals surface area (Å²) < 4.78 is 33.3. The molecule has 0 saturated heterocycles. The van der Waals surface area contributed by atoms with E-state index in [1.807, 2.05) is 0 Å². The summed E-state index contributed by atoms with van der Waals surface area (Å²) in [6.07, 6.45) is -1.47. The van der Waals surface area contributed by atoms with Crippen LogP contribution in [0.5, 0.6) is 11.5 Å². The summed E-state index contributed by atoms with van der Waals surface area (Å²) in [5.74, 6) is -0.191. The topological polar surface area (TPSA) is 182 Å². The molecule has 0 spiro atoms. The van der Waals surface area contributed by atoms with Gasteiger partial charge < -0.3 is 34.3 Å². The fraction of sp³-hybridized carbons (Fsp3) is 0.333. The molecular weight excluding hydrogens is 482 g/mol. The van der Waals surface area contributed by atoms with Crippen LogP contribution in [0.1, 0.15) is 11.1 Å². The molecule has 0 fully saturated rings. The summed E-state index contributed by atoms with van der Waals surface area (Å²) in [6.45, 7) is -0.445. The molecular formula is C18H26N2O9P2S. The van der Waals surface area contributed by atoms with Gasteiger partial charge in [-0.05, 0) is 12.1 Å². The second-order valence-corrected chi connectivity index (χ2v) is 11.2. The molecule has 2 rings (SSSR count). The fourth-order valence-electron chi connectivity index (χ4n) is 3.10. The van der Waals surface area contributed by atoms with E-state index in [0.29, 0.717) is 11.1 Å². The molecule has 0 heterocycles. The van der Waals surface area contributed by atoms with Gasteiger partial charge in [0.2, 0.25) is 0 Å². The molecule has 0 bridgehead atoms. The van der Waals surface area contributed by atoms with Crippen molar-refractivity contribution in [1.29, 1.82) is 0 Å². The fourth-order valence-corrected chi connectivity index (χ4v) is 5.27. The van der Waals surface area contributed by atoms with Crippen LogP contribution in [0.3, 0.4) is 0 Å². The van der Waals surface area contributed by atoms with Crippen LogP contribution >= 0.6 is 27.2 Å². The first-order valence-corrected chi connectivity index (χ1v) is 13.7. The first-order valence-electron chi connectivity index (χ1n) is 9.27. The Bertz CT molecular complexity index is 984. The lowest BCUT2D eigenvalue weighted by atomic mass is 10.2. The third-order valence-electron chi connectivity index (χ3n) is 4.44. The molecule has 32 heavy (non-hydrogen) atoms. The van der Waals surface area contributed by atoms with Gasteiger partial charge >= 0.3 is 15.2 Å². The number of aromatic hydroxyl groups is 2. The van der Waals surface area contributed by atoms with E-state index in [0.717, 1.165) is 0 Å². The Kier molecular flexibility index (Phi) is 9.74. The van der Waals surface area contributed by atoms with Gasteiger partial charge in [0.25, 0.3) is 0 Å². The number of phenolic OH excluding ortho intramolecular Hbond substituents is 2. The zero-order chi connectivity index (χ0) is 23.9. The van der Waals surface area contributed by atoms with Crippen LogP contribution in [0.15, 0.2) is 48.5 Å². The minimum atomic E-state index is -4.59. The first kappa shape index (κ1) is 26.8.